The molecule has 30 heavy (non-hydrogen) atoms. The molecule has 0 spiro atoms. The smallest absolute Gasteiger partial charge is 0.242 e. The Morgan fingerprint density at radius 1 is 1.27 bits per heavy atom. The summed E-state index contributed by atoms with van der Waals surface area (Å²) in [6.07, 6.45) is 4.67. The molecule has 0 radical (unpaired) electrons. The molecular formula is C21H29IN6O2. The van der Waals surface area contributed by atoms with Crippen molar-refractivity contribution in [3.05, 3.63) is 53.3 Å². The molecule has 3 heterocycles. The van der Waals surface area contributed by atoms with Crippen molar-refractivity contribution < 1.29 is 9.53 Å². The zero-order valence-corrected chi connectivity index (χ0v) is 19.8. The van der Waals surface area contributed by atoms with E-state index in [0.717, 1.165) is 31.0 Å². The highest BCUT2D eigenvalue weighted by atomic mass is 127. The van der Waals surface area contributed by atoms with E-state index in [1.165, 1.54) is 11.1 Å². The number of ether oxygens (including phenoxy) is 1. The number of hydrogen-bond acceptors (Lipinski definition) is 4. The van der Waals surface area contributed by atoms with Crippen molar-refractivity contribution in [3.8, 4) is 0 Å². The van der Waals surface area contributed by atoms with Gasteiger partial charge in [-0.2, -0.15) is 5.10 Å². The fourth-order valence-electron chi connectivity index (χ4n) is 3.96. The lowest BCUT2D eigenvalue weighted by Crippen LogP contribution is -2.51. The van der Waals surface area contributed by atoms with E-state index in [9.17, 15) is 4.79 Å². The second-order valence-electron chi connectivity index (χ2n) is 7.49. The van der Waals surface area contributed by atoms with Crippen LogP contribution in [0.4, 0.5) is 0 Å². The average Bonchev–Trinajstić information content (AvgIpc) is 3.20. The highest BCUT2D eigenvalue weighted by Gasteiger charge is 2.26. The van der Waals surface area contributed by atoms with E-state index in [4.69, 9.17) is 4.74 Å². The Balaban J connectivity index is 0.00000256. The van der Waals surface area contributed by atoms with Crippen molar-refractivity contribution >= 4 is 35.8 Å². The number of carbonyl (C=O) groups is 1. The van der Waals surface area contributed by atoms with Crippen LogP contribution in [0.25, 0.3) is 0 Å². The molecule has 1 atom stereocenters. The predicted molar refractivity (Wildman–Crippen MR) is 126 cm³/mol. The van der Waals surface area contributed by atoms with Crippen LogP contribution in [0, 0.1) is 0 Å². The van der Waals surface area contributed by atoms with E-state index in [0.29, 0.717) is 19.7 Å². The molecule has 1 fully saturated rings. The van der Waals surface area contributed by atoms with E-state index in [2.05, 4.69) is 38.5 Å². The highest BCUT2D eigenvalue weighted by Crippen LogP contribution is 2.22. The number of nitrogens with one attached hydrogen (secondary N) is 1. The maximum atomic E-state index is 12.8. The minimum atomic E-state index is -0.0507. The third kappa shape index (κ3) is 5.12. The van der Waals surface area contributed by atoms with Gasteiger partial charge in [-0.25, -0.2) is 0 Å². The molecule has 2 aliphatic heterocycles. The SMILES string of the molecule is CN=C(NCC(=O)N1CCc2ccccc2C1)N1CCOC(c2cnn(C)c2)C1.I. The second kappa shape index (κ2) is 10.3. The van der Waals surface area contributed by atoms with Crippen molar-refractivity contribution in [3.63, 3.8) is 0 Å². The molecule has 0 aliphatic carbocycles. The molecule has 1 aromatic heterocycles. The van der Waals surface area contributed by atoms with Crippen LogP contribution in [0.3, 0.4) is 0 Å². The number of fused-ring (bicyclic) bond motifs is 1. The van der Waals surface area contributed by atoms with Crippen LogP contribution >= 0.6 is 24.0 Å². The maximum Gasteiger partial charge on any atom is 0.242 e. The molecule has 1 aromatic carbocycles. The fraction of sp³-hybridized carbons (Fsp3) is 0.476. The summed E-state index contributed by atoms with van der Waals surface area (Å²) < 4.78 is 7.68. The minimum Gasteiger partial charge on any atom is -0.370 e. The van der Waals surface area contributed by atoms with Crippen LogP contribution in [-0.4, -0.2) is 71.3 Å². The largest absolute Gasteiger partial charge is 0.370 e. The van der Waals surface area contributed by atoms with Crippen molar-refractivity contribution in [1.82, 2.24) is 24.9 Å². The number of rotatable bonds is 3. The summed E-state index contributed by atoms with van der Waals surface area (Å²) in [6.45, 7) is 3.70. The molecule has 2 aromatic rings. The Kier molecular flexibility index (Phi) is 7.70. The second-order valence-corrected chi connectivity index (χ2v) is 7.49. The zero-order valence-electron chi connectivity index (χ0n) is 17.5. The van der Waals surface area contributed by atoms with E-state index in [1.54, 1.807) is 11.7 Å². The van der Waals surface area contributed by atoms with Gasteiger partial charge in [-0.1, -0.05) is 24.3 Å². The predicted octanol–water partition coefficient (Wildman–Crippen LogP) is 1.57. The Morgan fingerprint density at radius 2 is 2.07 bits per heavy atom. The van der Waals surface area contributed by atoms with Crippen LogP contribution in [0.2, 0.25) is 0 Å². The summed E-state index contributed by atoms with van der Waals surface area (Å²) in [7, 11) is 3.65. The van der Waals surface area contributed by atoms with Gasteiger partial charge in [0, 0.05) is 45.5 Å². The number of hydrogen-bond donors (Lipinski definition) is 1. The molecule has 1 saturated heterocycles. The fourth-order valence-corrected chi connectivity index (χ4v) is 3.96. The number of amides is 1. The molecule has 1 N–H and O–H groups in total. The van der Waals surface area contributed by atoms with E-state index < -0.39 is 0 Å². The minimum absolute atomic E-state index is 0. The Labute approximate surface area is 194 Å². The van der Waals surface area contributed by atoms with Crippen molar-refractivity contribution in [1.29, 1.82) is 0 Å². The lowest BCUT2D eigenvalue weighted by Gasteiger charge is -2.35. The molecule has 2 aliphatic rings. The van der Waals surface area contributed by atoms with Gasteiger partial charge in [0.15, 0.2) is 5.96 Å². The van der Waals surface area contributed by atoms with Gasteiger partial charge in [0.05, 0.1) is 25.9 Å². The first kappa shape index (κ1) is 22.5. The Hall–Kier alpha value is -2.14. The third-order valence-corrected chi connectivity index (χ3v) is 5.56. The van der Waals surface area contributed by atoms with Crippen molar-refractivity contribution in [2.24, 2.45) is 12.0 Å². The molecule has 1 unspecified atom stereocenters. The summed E-state index contributed by atoms with van der Waals surface area (Å²) >= 11 is 0. The van der Waals surface area contributed by atoms with Crippen molar-refractivity contribution in [2.75, 3.05) is 39.8 Å². The summed E-state index contributed by atoms with van der Waals surface area (Å²) in [6, 6.07) is 8.34. The van der Waals surface area contributed by atoms with Gasteiger partial charge in [-0.15, -0.1) is 24.0 Å². The molecule has 0 bridgehead atoms. The molecular weight excluding hydrogens is 495 g/mol. The molecule has 1 amide bonds. The summed E-state index contributed by atoms with van der Waals surface area (Å²) in [5.74, 6) is 0.825. The van der Waals surface area contributed by atoms with Crippen LogP contribution in [-0.2, 0) is 29.5 Å². The number of aryl methyl sites for hydroxylation is 1. The van der Waals surface area contributed by atoms with Gasteiger partial charge < -0.3 is 19.9 Å². The van der Waals surface area contributed by atoms with Crippen molar-refractivity contribution in [2.45, 2.75) is 19.1 Å². The first-order valence-electron chi connectivity index (χ1n) is 10.0. The normalized spacial score (nSPS) is 19.1. The lowest BCUT2D eigenvalue weighted by atomic mass is 10.00. The lowest BCUT2D eigenvalue weighted by molar-refractivity contribution is -0.130. The standard InChI is InChI=1S/C21H28N6O2.HI/c1-22-21(27-9-10-29-19(15-27)18-11-24-25(2)13-18)23-12-20(28)26-8-7-16-5-3-4-6-17(16)14-26;/h3-6,11,13,19H,7-10,12,14-15H2,1-2H3,(H,22,23);1H. The topological polar surface area (TPSA) is 75.0 Å². The van der Waals surface area contributed by atoms with Gasteiger partial charge in [-0.3, -0.25) is 14.5 Å². The highest BCUT2D eigenvalue weighted by molar-refractivity contribution is 14.0. The summed E-state index contributed by atoms with van der Waals surface area (Å²) in [5.41, 5.74) is 3.63. The first-order chi connectivity index (χ1) is 14.1. The number of carbonyl (C=O) groups excluding carboxylic acids is 1. The van der Waals surface area contributed by atoms with Gasteiger partial charge in [0.2, 0.25) is 5.91 Å². The van der Waals surface area contributed by atoms with Gasteiger partial charge in [0.1, 0.15) is 6.10 Å². The Morgan fingerprint density at radius 3 is 2.80 bits per heavy atom. The van der Waals surface area contributed by atoms with Crippen LogP contribution < -0.4 is 5.32 Å². The van der Waals surface area contributed by atoms with Gasteiger partial charge >= 0.3 is 0 Å². The van der Waals surface area contributed by atoms with Crippen LogP contribution in [0.5, 0.6) is 0 Å². The monoisotopic (exact) mass is 524 g/mol. The Bertz CT molecular complexity index is 899. The molecule has 4 rings (SSSR count). The van der Waals surface area contributed by atoms with Crippen LogP contribution in [0.15, 0.2) is 41.7 Å². The first-order valence-corrected chi connectivity index (χ1v) is 10.0. The maximum absolute atomic E-state index is 12.8. The zero-order chi connectivity index (χ0) is 20.2. The number of guanidine groups is 1. The quantitative estimate of drug-likeness (QED) is 0.375. The van der Waals surface area contributed by atoms with E-state index >= 15 is 0 Å². The third-order valence-electron chi connectivity index (χ3n) is 5.56. The van der Waals surface area contributed by atoms with E-state index in [1.807, 2.05) is 30.4 Å². The number of morpholine rings is 1. The number of halogens is 1. The van der Waals surface area contributed by atoms with Gasteiger partial charge in [0.25, 0.3) is 0 Å². The number of nitrogens with zero attached hydrogens (tertiary/aromatic N) is 5. The van der Waals surface area contributed by atoms with Crippen LogP contribution in [0.1, 0.15) is 22.8 Å². The number of aromatic nitrogens is 2. The molecule has 162 valence electrons. The van der Waals surface area contributed by atoms with E-state index in [-0.39, 0.29) is 42.5 Å². The summed E-state index contributed by atoms with van der Waals surface area (Å²) in [5, 5.41) is 7.48. The molecule has 8 nitrogen and oxygen atoms in total. The number of aliphatic imine (C=N–C) groups is 1. The average molecular weight is 524 g/mol. The van der Waals surface area contributed by atoms with Gasteiger partial charge in [-0.05, 0) is 17.5 Å². The molecule has 9 heteroatoms. The number of benzene rings is 1. The summed E-state index contributed by atoms with van der Waals surface area (Å²) in [4.78, 5) is 21.2. The molecule has 0 saturated carbocycles.